The Balaban J connectivity index is 1.46. The van der Waals surface area contributed by atoms with Gasteiger partial charge in [0.25, 0.3) is 0 Å². The third-order valence-electron chi connectivity index (χ3n) is 5.75. The molecule has 1 saturated heterocycles. The summed E-state index contributed by atoms with van der Waals surface area (Å²) in [5.41, 5.74) is 2.42. The van der Waals surface area contributed by atoms with Crippen molar-refractivity contribution in [2.45, 2.75) is 35.7 Å². The van der Waals surface area contributed by atoms with Crippen LogP contribution in [0.4, 0.5) is 0 Å². The number of imidazole rings is 1. The molecular formula is C22H25N7O3S2. The second-order valence-corrected chi connectivity index (χ2v) is 11.1. The van der Waals surface area contributed by atoms with Crippen molar-refractivity contribution in [2.75, 3.05) is 26.3 Å². The second kappa shape index (κ2) is 9.45. The summed E-state index contributed by atoms with van der Waals surface area (Å²) in [5.74, 6) is 0.710. The van der Waals surface area contributed by atoms with Crippen LogP contribution in [0, 0.1) is 0 Å². The van der Waals surface area contributed by atoms with Crippen LogP contribution in [0.3, 0.4) is 0 Å². The van der Waals surface area contributed by atoms with Gasteiger partial charge in [-0.25, -0.2) is 13.4 Å². The average molecular weight is 500 g/mol. The molecule has 0 amide bonds. The van der Waals surface area contributed by atoms with Crippen LogP contribution in [0.5, 0.6) is 0 Å². The van der Waals surface area contributed by atoms with Gasteiger partial charge in [-0.3, -0.25) is 0 Å². The Morgan fingerprint density at radius 1 is 1.12 bits per heavy atom. The summed E-state index contributed by atoms with van der Waals surface area (Å²) in [6.07, 6.45) is 0. The minimum atomic E-state index is -3.59. The van der Waals surface area contributed by atoms with E-state index < -0.39 is 10.0 Å². The van der Waals surface area contributed by atoms with E-state index in [2.05, 4.69) is 20.1 Å². The van der Waals surface area contributed by atoms with E-state index in [4.69, 9.17) is 9.72 Å². The fraction of sp³-hybridized carbons (Fsp3) is 0.364. The van der Waals surface area contributed by atoms with Gasteiger partial charge in [0, 0.05) is 19.6 Å². The molecule has 1 aliphatic heterocycles. The van der Waals surface area contributed by atoms with Crippen LogP contribution in [0.15, 0.2) is 58.6 Å². The Labute approximate surface area is 202 Å². The molecule has 12 heteroatoms. The summed E-state index contributed by atoms with van der Waals surface area (Å²) in [6, 6.07) is 14.9. The number of thioether (sulfide) groups is 1. The zero-order chi connectivity index (χ0) is 23.7. The fourth-order valence-electron chi connectivity index (χ4n) is 3.99. The van der Waals surface area contributed by atoms with Gasteiger partial charge in [-0.05, 0) is 54.6 Å². The number of aromatic nitrogens is 6. The Bertz CT molecular complexity index is 1400. The predicted octanol–water partition coefficient (Wildman–Crippen LogP) is 2.91. The summed E-state index contributed by atoms with van der Waals surface area (Å²) >= 11 is 1.54. The normalized spacial score (nSPS) is 16.2. The first-order chi connectivity index (χ1) is 16.5. The molecule has 0 bridgehead atoms. The SMILES string of the molecule is CCn1c(SC(C)c2nnnn2-c2ccccc2)nc2cc(S(=O)(=O)N3CCOCC3)ccc21. The lowest BCUT2D eigenvalue weighted by Gasteiger charge is -2.26. The van der Waals surface area contributed by atoms with Crippen LogP contribution < -0.4 is 0 Å². The molecule has 3 heterocycles. The van der Waals surface area contributed by atoms with E-state index in [0.29, 0.717) is 44.2 Å². The lowest BCUT2D eigenvalue weighted by molar-refractivity contribution is 0.0730. The second-order valence-electron chi connectivity index (χ2n) is 7.85. The quantitative estimate of drug-likeness (QED) is 0.357. The van der Waals surface area contributed by atoms with E-state index in [1.807, 2.05) is 50.2 Å². The van der Waals surface area contributed by atoms with E-state index in [1.165, 1.54) is 4.31 Å². The molecular weight excluding hydrogens is 474 g/mol. The molecule has 0 spiro atoms. The fourth-order valence-corrected chi connectivity index (χ4v) is 6.49. The smallest absolute Gasteiger partial charge is 0.243 e. The molecule has 178 valence electrons. The highest BCUT2D eigenvalue weighted by Gasteiger charge is 2.27. The third kappa shape index (κ3) is 4.22. The van der Waals surface area contributed by atoms with Crippen LogP contribution in [0.1, 0.15) is 24.9 Å². The van der Waals surface area contributed by atoms with Crippen molar-refractivity contribution >= 4 is 32.8 Å². The third-order valence-corrected chi connectivity index (χ3v) is 8.73. The largest absolute Gasteiger partial charge is 0.379 e. The molecule has 2 aromatic carbocycles. The number of hydrogen-bond acceptors (Lipinski definition) is 8. The van der Waals surface area contributed by atoms with Crippen molar-refractivity contribution in [3.05, 3.63) is 54.4 Å². The number of rotatable bonds is 7. The zero-order valence-corrected chi connectivity index (χ0v) is 20.5. The van der Waals surface area contributed by atoms with Crippen LogP contribution in [-0.4, -0.2) is 68.8 Å². The topological polar surface area (TPSA) is 108 Å². The first kappa shape index (κ1) is 23.0. The van der Waals surface area contributed by atoms with Gasteiger partial charge in [0.15, 0.2) is 11.0 Å². The molecule has 34 heavy (non-hydrogen) atoms. The molecule has 0 saturated carbocycles. The predicted molar refractivity (Wildman–Crippen MR) is 128 cm³/mol. The summed E-state index contributed by atoms with van der Waals surface area (Å²) in [6.45, 7) is 6.31. The number of sulfonamides is 1. The van der Waals surface area contributed by atoms with Crippen molar-refractivity contribution in [1.29, 1.82) is 0 Å². The molecule has 1 unspecified atom stereocenters. The van der Waals surface area contributed by atoms with E-state index in [9.17, 15) is 8.42 Å². The minimum Gasteiger partial charge on any atom is -0.379 e. The van der Waals surface area contributed by atoms with Crippen molar-refractivity contribution in [1.82, 2.24) is 34.1 Å². The summed E-state index contributed by atoms with van der Waals surface area (Å²) in [7, 11) is -3.59. The zero-order valence-electron chi connectivity index (χ0n) is 18.9. The minimum absolute atomic E-state index is 0.0890. The summed E-state index contributed by atoms with van der Waals surface area (Å²) in [4.78, 5) is 5.05. The Morgan fingerprint density at radius 3 is 2.62 bits per heavy atom. The maximum atomic E-state index is 13.1. The lowest BCUT2D eigenvalue weighted by atomic mass is 10.3. The van der Waals surface area contributed by atoms with E-state index in [1.54, 1.807) is 28.6 Å². The Morgan fingerprint density at radius 2 is 1.88 bits per heavy atom. The molecule has 1 atom stereocenters. The Kier molecular flexibility index (Phi) is 6.38. The number of morpholine rings is 1. The molecule has 0 N–H and O–H groups in total. The van der Waals surface area contributed by atoms with E-state index in [-0.39, 0.29) is 10.1 Å². The highest BCUT2D eigenvalue weighted by molar-refractivity contribution is 7.99. The van der Waals surface area contributed by atoms with Gasteiger partial charge < -0.3 is 9.30 Å². The first-order valence-electron chi connectivity index (χ1n) is 11.1. The van der Waals surface area contributed by atoms with Crippen molar-refractivity contribution < 1.29 is 13.2 Å². The number of ether oxygens (including phenoxy) is 1. The number of hydrogen-bond donors (Lipinski definition) is 0. The van der Waals surface area contributed by atoms with Crippen molar-refractivity contribution in [2.24, 2.45) is 0 Å². The molecule has 4 aromatic rings. The van der Waals surface area contributed by atoms with Gasteiger partial charge in [0.2, 0.25) is 10.0 Å². The number of para-hydroxylation sites is 1. The van der Waals surface area contributed by atoms with Crippen LogP contribution in [-0.2, 0) is 21.3 Å². The van der Waals surface area contributed by atoms with Crippen LogP contribution in [0.2, 0.25) is 0 Å². The standard InChI is InChI=1S/C22H25N7O3S2/c1-3-28-20-10-9-18(34(30,31)27-11-13-32-14-12-27)15-19(20)23-22(28)33-16(2)21-24-25-26-29(21)17-7-5-4-6-8-17/h4-10,15-16H,3,11-14H2,1-2H3. The van der Waals surface area contributed by atoms with Gasteiger partial charge in [0.1, 0.15) is 0 Å². The number of nitrogens with zero attached hydrogens (tertiary/aromatic N) is 7. The summed E-state index contributed by atoms with van der Waals surface area (Å²) in [5, 5.41) is 13.0. The van der Waals surface area contributed by atoms with E-state index in [0.717, 1.165) is 16.4 Å². The monoisotopic (exact) mass is 499 g/mol. The molecule has 0 radical (unpaired) electrons. The van der Waals surface area contributed by atoms with Gasteiger partial charge in [-0.1, -0.05) is 30.0 Å². The van der Waals surface area contributed by atoms with Gasteiger partial charge >= 0.3 is 0 Å². The molecule has 2 aromatic heterocycles. The molecule has 5 rings (SSSR count). The molecule has 10 nitrogen and oxygen atoms in total. The van der Waals surface area contributed by atoms with Gasteiger partial charge in [-0.15, -0.1) is 5.10 Å². The first-order valence-corrected chi connectivity index (χ1v) is 13.4. The highest BCUT2D eigenvalue weighted by Crippen LogP contribution is 2.36. The average Bonchev–Trinajstić information content (AvgIpc) is 3.49. The lowest BCUT2D eigenvalue weighted by Crippen LogP contribution is -2.40. The van der Waals surface area contributed by atoms with Crippen molar-refractivity contribution in [3.8, 4) is 5.69 Å². The van der Waals surface area contributed by atoms with Crippen LogP contribution >= 0.6 is 11.8 Å². The number of benzene rings is 2. The Hall–Kier alpha value is -2.80. The van der Waals surface area contributed by atoms with E-state index >= 15 is 0 Å². The maximum Gasteiger partial charge on any atom is 0.243 e. The molecule has 1 fully saturated rings. The highest BCUT2D eigenvalue weighted by atomic mass is 32.2. The van der Waals surface area contributed by atoms with Crippen molar-refractivity contribution in [3.63, 3.8) is 0 Å². The summed E-state index contributed by atoms with van der Waals surface area (Å²) < 4.78 is 36.8. The number of aryl methyl sites for hydroxylation is 1. The van der Waals surface area contributed by atoms with Crippen LogP contribution in [0.25, 0.3) is 16.7 Å². The molecule has 1 aliphatic rings. The molecule has 0 aliphatic carbocycles. The maximum absolute atomic E-state index is 13.1. The van der Waals surface area contributed by atoms with Gasteiger partial charge in [-0.2, -0.15) is 8.99 Å². The number of fused-ring (bicyclic) bond motifs is 1. The van der Waals surface area contributed by atoms with Gasteiger partial charge in [0.05, 0.1) is 40.1 Å². The number of tetrazole rings is 1.